The number of hydrogen-bond acceptors (Lipinski definition) is 3. The Labute approximate surface area is 88.5 Å². The first kappa shape index (κ1) is 11.3. The first-order chi connectivity index (χ1) is 7.17. The van der Waals surface area contributed by atoms with Crippen LogP contribution in [0.2, 0.25) is 0 Å². The topological polar surface area (TPSA) is 45.0 Å². The van der Waals surface area contributed by atoms with Gasteiger partial charge in [0.15, 0.2) is 0 Å². The van der Waals surface area contributed by atoms with E-state index in [1.807, 2.05) is 13.0 Å². The van der Waals surface area contributed by atoms with Gasteiger partial charge in [0.1, 0.15) is 11.6 Å². The Hall–Kier alpha value is -1.76. The predicted molar refractivity (Wildman–Crippen MR) is 56.3 cm³/mol. The number of ether oxygens (including phenoxy) is 1. The summed E-state index contributed by atoms with van der Waals surface area (Å²) >= 11 is 0. The van der Waals surface area contributed by atoms with Crippen molar-refractivity contribution >= 4 is 5.69 Å². The van der Waals surface area contributed by atoms with Crippen LogP contribution in [0, 0.1) is 17.1 Å². The van der Waals surface area contributed by atoms with Crippen LogP contribution in [-0.2, 0) is 0 Å². The fourth-order valence-corrected chi connectivity index (χ4v) is 1.20. The summed E-state index contributed by atoms with van der Waals surface area (Å²) in [7, 11) is 1.52. The zero-order valence-corrected chi connectivity index (χ0v) is 8.75. The van der Waals surface area contributed by atoms with Gasteiger partial charge in [-0.2, -0.15) is 5.26 Å². The third-order valence-corrected chi connectivity index (χ3v) is 1.97. The largest absolute Gasteiger partial charge is 0.497 e. The predicted octanol–water partition coefficient (Wildman–Crippen LogP) is 2.55. The van der Waals surface area contributed by atoms with E-state index in [0.717, 1.165) is 0 Å². The number of rotatable bonds is 4. The highest BCUT2D eigenvalue weighted by molar-refractivity contribution is 5.50. The van der Waals surface area contributed by atoms with Gasteiger partial charge in [-0.15, -0.1) is 0 Å². The molecule has 0 aliphatic heterocycles. The lowest BCUT2D eigenvalue weighted by Crippen LogP contribution is -2.15. The molecule has 0 aliphatic carbocycles. The molecule has 0 saturated heterocycles. The van der Waals surface area contributed by atoms with Crippen LogP contribution in [0.1, 0.15) is 13.3 Å². The fourth-order valence-electron chi connectivity index (χ4n) is 1.20. The summed E-state index contributed by atoms with van der Waals surface area (Å²) in [6.07, 6.45) is 0.330. The van der Waals surface area contributed by atoms with Gasteiger partial charge >= 0.3 is 0 Å². The Balaban J connectivity index is 2.79. The minimum Gasteiger partial charge on any atom is -0.497 e. The lowest BCUT2D eigenvalue weighted by Gasteiger charge is -2.13. The number of nitrogens with zero attached hydrogens (tertiary/aromatic N) is 1. The van der Waals surface area contributed by atoms with Crippen LogP contribution in [-0.4, -0.2) is 13.2 Å². The molecule has 0 spiro atoms. The van der Waals surface area contributed by atoms with Crippen LogP contribution >= 0.6 is 0 Å². The minimum absolute atomic E-state index is 0.0865. The molecule has 0 saturated carbocycles. The highest BCUT2D eigenvalue weighted by atomic mass is 19.1. The van der Waals surface area contributed by atoms with Crippen molar-refractivity contribution in [3.8, 4) is 11.8 Å². The summed E-state index contributed by atoms with van der Waals surface area (Å²) in [6, 6.07) is 6.39. The summed E-state index contributed by atoms with van der Waals surface area (Å²) in [6.45, 7) is 1.82. The summed E-state index contributed by atoms with van der Waals surface area (Å²) in [5.41, 5.74) is 0.358. The molecular formula is C11H13FN2O. The van der Waals surface area contributed by atoms with Crippen LogP contribution < -0.4 is 10.1 Å². The van der Waals surface area contributed by atoms with Crippen molar-refractivity contribution in [1.82, 2.24) is 0 Å². The van der Waals surface area contributed by atoms with E-state index in [-0.39, 0.29) is 11.9 Å². The number of methoxy groups -OCH3 is 1. The van der Waals surface area contributed by atoms with Crippen molar-refractivity contribution in [3.63, 3.8) is 0 Å². The van der Waals surface area contributed by atoms with Gasteiger partial charge in [-0.25, -0.2) is 4.39 Å². The molecule has 0 aromatic heterocycles. The summed E-state index contributed by atoms with van der Waals surface area (Å²) < 4.78 is 18.3. The molecule has 80 valence electrons. The molecular weight excluding hydrogens is 195 g/mol. The van der Waals surface area contributed by atoms with E-state index in [9.17, 15) is 4.39 Å². The second kappa shape index (κ2) is 5.20. The molecule has 0 bridgehead atoms. The van der Waals surface area contributed by atoms with Gasteiger partial charge in [-0.3, -0.25) is 0 Å². The quantitative estimate of drug-likeness (QED) is 0.827. The van der Waals surface area contributed by atoms with Crippen molar-refractivity contribution in [2.45, 2.75) is 19.4 Å². The molecule has 0 radical (unpaired) electrons. The van der Waals surface area contributed by atoms with Crippen molar-refractivity contribution in [3.05, 3.63) is 24.0 Å². The Morgan fingerprint density at radius 1 is 1.60 bits per heavy atom. The number of nitriles is 1. The molecule has 15 heavy (non-hydrogen) atoms. The van der Waals surface area contributed by atoms with Gasteiger partial charge in [0.05, 0.1) is 25.3 Å². The van der Waals surface area contributed by atoms with Crippen molar-refractivity contribution in [2.75, 3.05) is 12.4 Å². The first-order valence-corrected chi connectivity index (χ1v) is 4.64. The second-order valence-corrected chi connectivity index (χ2v) is 3.25. The minimum atomic E-state index is -0.347. The van der Waals surface area contributed by atoms with Crippen LogP contribution in [0.15, 0.2) is 18.2 Å². The zero-order chi connectivity index (χ0) is 11.3. The molecule has 4 heteroatoms. The Bertz CT molecular complexity index is 373. The fraction of sp³-hybridized carbons (Fsp3) is 0.364. The molecule has 1 aromatic carbocycles. The van der Waals surface area contributed by atoms with Crippen LogP contribution in [0.4, 0.5) is 10.1 Å². The van der Waals surface area contributed by atoms with E-state index >= 15 is 0 Å². The molecule has 0 fully saturated rings. The van der Waals surface area contributed by atoms with E-state index in [2.05, 4.69) is 5.32 Å². The Kier molecular flexibility index (Phi) is 3.92. The lowest BCUT2D eigenvalue weighted by atomic mass is 10.2. The highest BCUT2D eigenvalue weighted by Gasteiger charge is 2.07. The summed E-state index contributed by atoms with van der Waals surface area (Å²) in [5, 5.41) is 11.4. The third-order valence-electron chi connectivity index (χ3n) is 1.97. The summed E-state index contributed by atoms with van der Waals surface area (Å²) in [5.74, 6) is 0.239. The van der Waals surface area contributed by atoms with Gasteiger partial charge in [-0.05, 0) is 19.1 Å². The monoisotopic (exact) mass is 208 g/mol. The van der Waals surface area contributed by atoms with Crippen molar-refractivity contribution in [2.24, 2.45) is 0 Å². The Morgan fingerprint density at radius 2 is 2.33 bits per heavy atom. The van der Waals surface area contributed by atoms with Crippen molar-refractivity contribution < 1.29 is 9.13 Å². The maximum atomic E-state index is 13.3. The first-order valence-electron chi connectivity index (χ1n) is 4.64. The average Bonchev–Trinajstić information content (AvgIpc) is 2.21. The highest BCUT2D eigenvalue weighted by Crippen LogP contribution is 2.21. The van der Waals surface area contributed by atoms with E-state index < -0.39 is 0 Å². The van der Waals surface area contributed by atoms with Gasteiger partial charge in [0.25, 0.3) is 0 Å². The van der Waals surface area contributed by atoms with E-state index in [4.69, 9.17) is 10.00 Å². The molecule has 1 aromatic rings. The molecule has 1 rings (SSSR count). The number of anilines is 1. The number of benzene rings is 1. The van der Waals surface area contributed by atoms with E-state index in [1.54, 1.807) is 12.1 Å². The standard InChI is InChI=1S/C11H13FN2O/c1-8(5-6-13)14-11-7-9(15-2)3-4-10(11)12/h3-4,7-8,14H,5H2,1-2H3. The smallest absolute Gasteiger partial charge is 0.146 e. The normalized spacial score (nSPS) is 11.6. The molecule has 1 N–H and O–H groups in total. The molecule has 0 aliphatic rings. The van der Waals surface area contributed by atoms with Gasteiger partial charge in [-0.1, -0.05) is 0 Å². The maximum absolute atomic E-state index is 13.3. The average molecular weight is 208 g/mol. The number of nitrogens with one attached hydrogen (secondary N) is 1. The molecule has 3 nitrogen and oxygen atoms in total. The van der Waals surface area contributed by atoms with Gasteiger partial charge in [0, 0.05) is 12.1 Å². The summed E-state index contributed by atoms with van der Waals surface area (Å²) in [4.78, 5) is 0. The van der Waals surface area contributed by atoms with Gasteiger partial charge < -0.3 is 10.1 Å². The third kappa shape index (κ3) is 3.13. The molecule has 1 atom stereocenters. The molecule has 0 heterocycles. The lowest BCUT2D eigenvalue weighted by molar-refractivity contribution is 0.414. The van der Waals surface area contributed by atoms with E-state index in [0.29, 0.717) is 17.9 Å². The number of hydrogen-bond donors (Lipinski definition) is 1. The van der Waals surface area contributed by atoms with Crippen molar-refractivity contribution in [1.29, 1.82) is 5.26 Å². The van der Waals surface area contributed by atoms with Crippen LogP contribution in [0.5, 0.6) is 5.75 Å². The maximum Gasteiger partial charge on any atom is 0.146 e. The number of halogens is 1. The van der Waals surface area contributed by atoms with Gasteiger partial charge in [0.2, 0.25) is 0 Å². The Morgan fingerprint density at radius 3 is 2.93 bits per heavy atom. The van der Waals surface area contributed by atoms with Crippen LogP contribution in [0.3, 0.4) is 0 Å². The zero-order valence-electron chi connectivity index (χ0n) is 8.75. The second-order valence-electron chi connectivity index (χ2n) is 3.25. The van der Waals surface area contributed by atoms with Crippen LogP contribution in [0.25, 0.3) is 0 Å². The molecule has 1 unspecified atom stereocenters. The SMILES string of the molecule is COc1ccc(F)c(NC(C)CC#N)c1. The van der Waals surface area contributed by atoms with E-state index in [1.165, 1.54) is 13.2 Å². The molecule has 0 amide bonds.